The molecule has 1 aliphatic rings. The number of halogens is 1. The van der Waals surface area contributed by atoms with Crippen LogP contribution in [0.2, 0.25) is 0 Å². The molecule has 1 atom stereocenters. The molecule has 0 N–H and O–H groups in total. The zero-order valence-electron chi connectivity index (χ0n) is 16.1. The summed E-state index contributed by atoms with van der Waals surface area (Å²) < 4.78 is 23.8. The first-order chi connectivity index (χ1) is 14.1. The van der Waals surface area contributed by atoms with Crippen molar-refractivity contribution in [1.29, 1.82) is 0 Å². The molecule has 8 nitrogen and oxygen atoms in total. The largest absolute Gasteiger partial charge is 0.493 e. The molecule has 0 radical (unpaired) electrons. The molecule has 1 amide bonds. The molecule has 4 rings (SSSR count). The minimum absolute atomic E-state index is 0.175. The highest BCUT2D eigenvalue weighted by molar-refractivity contribution is 6.11. The van der Waals surface area contributed by atoms with Gasteiger partial charge in [-0.15, -0.1) is 0 Å². The molecule has 0 saturated carbocycles. The lowest BCUT2D eigenvalue weighted by Crippen LogP contribution is -2.28. The van der Waals surface area contributed by atoms with Gasteiger partial charge in [-0.2, -0.15) is 0 Å². The molecule has 148 valence electrons. The zero-order chi connectivity index (χ0) is 20.5. The van der Waals surface area contributed by atoms with E-state index in [9.17, 15) is 9.18 Å². The van der Waals surface area contributed by atoms with Gasteiger partial charge in [-0.05, 0) is 30.2 Å². The summed E-state index contributed by atoms with van der Waals surface area (Å²) in [7, 11) is 3.08. The van der Waals surface area contributed by atoms with E-state index in [0.717, 1.165) is 18.0 Å². The van der Waals surface area contributed by atoms with Crippen molar-refractivity contribution in [3.63, 3.8) is 0 Å². The number of hydrogen-bond donors (Lipinski definition) is 0. The van der Waals surface area contributed by atoms with Crippen LogP contribution in [0.25, 0.3) is 11.6 Å². The van der Waals surface area contributed by atoms with Crippen molar-refractivity contribution in [1.82, 2.24) is 19.9 Å². The summed E-state index contributed by atoms with van der Waals surface area (Å²) >= 11 is 0. The van der Waals surface area contributed by atoms with Crippen molar-refractivity contribution >= 4 is 11.7 Å². The maximum atomic E-state index is 13.2. The third-order valence-corrected chi connectivity index (χ3v) is 4.77. The van der Waals surface area contributed by atoms with Crippen LogP contribution in [-0.4, -0.2) is 40.1 Å². The Morgan fingerprint density at radius 3 is 2.41 bits per heavy atom. The molecule has 0 aliphatic carbocycles. The van der Waals surface area contributed by atoms with Gasteiger partial charge in [0, 0.05) is 11.8 Å². The molecule has 9 heteroatoms. The SMILES string of the molecule is CCC1c2cc(OC)c(OC)cc2C(=O)N1c1ccnc(-c2ncc(F)cn2)n1. The van der Waals surface area contributed by atoms with Crippen molar-refractivity contribution < 1.29 is 18.7 Å². The smallest absolute Gasteiger partial charge is 0.260 e. The molecule has 1 aliphatic heterocycles. The average molecular weight is 395 g/mol. The Labute approximate surface area is 166 Å². The topological polar surface area (TPSA) is 90.3 Å². The van der Waals surface area contributed by atoms with Gasteiger partial charge in [0.25, 0.3) is 5.91 Å². The molecule has 0 fully saturated rings. The van der Waals surface area contributed by atoms with E-state index in [1.165, 1.54) is 13.3 Å². The monoisotopic (exact) mass is 395 g/mol. The number of methoxy groups -OCH3 is 2. The predicted octanol–water partition coefficient (Wildman–Crippen LogP) is 3.20. The van der Waals surface area contributed by atoms with Gasteiger partial charge in [-0.1, -0.05) is 6.92 Å². The van der Waals surface area contributed by atoms with Crippen molar-refractivity contribution in [2.24, 2.45) is 0 Å². The van der Waals surface area contributed by atoms with E-state index in [2.05, 4.69) is 19.9 Å². The third kappa shape index (κ3) is 3.14. The second-order valence-electron chi connectivity index (χ2n) is 6.36. The lowest BCUT2D eigenvalue weighted by Gasteiger charge is -2.23. The summed E-state index contributed by atoms with van der Waals surface area (Å²) in [5, 5.41) is 0. The molecule has 0 saturated heterocycles. The summed E-state index contributed by atoms with van der Waals surface area (Å²) in [4.78, 5) is 31.3. The number of fused-ring (bicyclic) bond motifs is 1. The first-order valence-corrected chi connectivity index (χ1v) is 8.97. The van der Waals surface area contributed by atoms with Crippen LogP contribution in [-0.2, 0) is 0 Å². The fraction of sp³-hybridized carbons (Fsp3) is 0.250. The second kappa shape index (κ2) is 7.42. The Bertz CT molecular complexity index is 1070. The van der Waals surface area contributed by atoms with Gasteiger partial charge < -0.3 is 9.47 Å². The summed E-state index contributed by atoms with van der Waals surface area (Å²) in [6, 6.07) is 4.93. The van der Waals surface area contributed by atoms with Gasteiger partial charge in [0.1, 0.15) is 5.82 Å². The van der Waals surface area contributed by atoms with E-state index in [4.69, 9.17) is 9.47 Å². The van der Waals surface area contributed by atoms with E-state index < -0.39 is 5.82 Å². The maximum Gasteiger partial charge on any atom is 0.260 e. The van der Waals surface area contributed by atoms with E-state index in [1.807, 2.05) is 13.0 Å². The van der Waals surface area contributed by atoms with Crippen molar-refractivity contribution in [3.05, 3.63) is 53.7 Å². The number of nitrogens with zero attached hydrogens (tertiary/aromatic N) is 5. The summed E-state index contributed by atoms with van der Waals surface area (Å²) in [5.74, 6) is 1.09. The number of aromatic nitrogens is 4. The van der Waals surface area contributed by atoms with E-state index in [1.54, 1.807) is 24.1 Å². The summed E-state index contributed by atoms with van der Waals surface area (Å²) in [6.45, 7) is 1.99. The Hall–Kier alpha value is -3.62. The number of amides is 1. The van der Waals surface area contributed by atoms with E-state index in [0.29, 0.717) is 29.3 Å². The van der Waals surface area contributed by atoms with Gasteiger partial charge in [-0.25, -0.2) is 24.3 Å². The van der Waals surface area contributed by atoms with Crippen LogP contribution in [0.5, 0.6) is 11.5 Å². The van der Waals surface area contributed by atoms with Crippen LogP contribution in [0.1, 0.15) is 35.3 Å². The number of anilines is 1. The molecular formula is C20H18FN5O3. The van der Waals surface area contributed by atoms with Crippen molar-refractivity contribution in [3.8, 4) is 23.1 Å². The first kappa shape index (κ1) is 18.7. The Kier molecular flexibility index (Phi) is 4.79. The number of hydrogen-bond acceptors (Lipinski definition) is 7. The lowest BCUT2D eigenvalue weighted by atomic mass is 10.0. The highest BCUT2D eigenvalue weighted by Crippen LogP contribution is 2.43. The number of benzene rings is 1. The molecule has 0 bridgehead atoms. The summed E-state index contributed by atoms with van der Waals surface area (Å²) in [5.41, 5.74) is 1.38. The van der Waals surface area contributed by atoms with E-state index in [-0.39, 0.29) is 23.6 Å². The fourth-order valence-corrected chi connectivity index (χ4v) is 3.45. The first-order valence-electron chi connectivity index (χ1n) is 8.97. The third-order valence-electron chi connectivity index (χ3n) is 4.77. The Morgan fingerprint density at radius 2 is 1.76 bits per heavy atom. The number of rotatable bonds is 5. The zero-order valence-corrected chi connectivity index (χ0v) is 16.1. The standard InChI is InChI=1S/C20H18FN5O3/c1-4-14-12-7-15(28-2)16(29-3)8-13(12)20(27)26(14)17-5-6-22-19(25-17)18-23-9-11(21)10-24-18/h5-10,14H,4H2,1-3H3. The molecule has 0 spiro atoms. The quantitative estimate of drug-likeness (QED) is 0.655. The maximum absolute atomic E-state index is 13.2. The van der Waals surface area contributed by atoms with Gasteiger partial charge in [-0.3, -0.25) is 9.69 Å². The minimum Gasteiger partial charge on any atom is -0.493 e. The minimum atomic E-state index is -0.552. The van der Waals surface area contributed by atoms with Gasteiger partial charge in [0.2, 0.25) is 0 Å². The van der Waals surface area contributed by atoms with Crippen LogP contribution < -0.4 is 14.4 Å². The van der Waals surface area contributed by atoms with Crippen molar-refractivity contribution in [2.75, 3.05) is 19.1 Å². The fourth-order valence-electron chi connectivity index (χ4n) is 3.45. The van der Waals surface area contributed by atoms with Crippen molar-refractivity contribution in [2.45, 2.75) is 19.4 Å². The highest BCUT2D eigenvalue weighted by atomic mass is 19.1. The molecule has 1 unspecified atom stereocenters. The molecule has 3 aromatic rings. The predicted molar refractivity (Wildman–Crippen MR) is 102 cm³/mol. The number of ether oxygens (including phenoxy) is 2. The number of carbonyl (C=O) groups excluding carboxylic acids is 1. The van der Waals surface area contributed by atoms with Crippen LogP contribution >= 0.6 is 0 Å². The van der Waals surface area contributed by atoms with Crippen LogP contribution in [0.3, 0.4) is 0 Å². The van der Waals surface area contributed by atoms with Crippen LogP contribution in [0.15, 0.2) is 36.8 Å². The Balaban J connectivity index is 1.78. The number of carbonyl (C=O) groups is 1. The van der Waals surface area contributed by atoms with Gasteiger partial charge >= 0.3 is 0 Å². The molecule has 29 heavy (non-hydrogen) atoms. The summed E-state index contributed by atoms with van der Waals surface area (Å²) in [6.07, 6.45) is 4.28. The van der Waals surface area contributed by atoms with Gasteiger partial charge in [0.15, 0.2) is 29.0 Å². The molecule has 3 heterocycles. The van der Waals surface area contributed by atoms with Gasteiger partial charge in [0.05, 0.1) is 32.7 Å². The van der Waals surface area contributed by atoms with Crippen LogP contribution in [0.4, 0.5) is 10.2 Å². The van der Waals surface area contributed by atoms with E-state index >= 15 is 0 Å². The second-order valence-corrected chi connectivity index (χ2v) is 6.36. The lowest BCUT2D eigenvalue weighted by molar-refractivity contribution is 0.0989. The molecule has 2 aromatic heterocycles. The molecular weight excluding hydrogens is 377 g/mol. The molecule has 1 aromatic carbocycles. The van der Waals surface area contributed by atoms with Crippen LogP contribution in [0, 0.1) is 5.82 Å². The normalized spacial score (nSPS) is 15.4. The highest BCUT2D eigenvalue weighted by Gasteiger charge is 2.39. The Morgan fingerprint density at radius 1 is 1.07 bits per heavy atom. The average Bonchev–Trinajstić information content (AvgIpc) is 3.04.